The van der Waals surface area contributed by atoms with E-state index in [0.29, 0.717) is 11.0 Å². The standard InChI is InChI=1S/C17H21ClN4S2/c1-16(2,18)11-7-9-17(10-8-11)20-14(23)22(21-17)15-19-12-5-3-4-6-13(12)24-15/h3-6,11,21H,7-10H2,1-2H3,(H,20,23). The number of nitrogens with zero attached hydrogens (tertiary/aromatic N) is 2. The third-order valence-corrected chi connectivity index (χ3v) is 6.77. The molecule has 2 heterocycles. The lowest BCUT2D eigenvalue weighted by atomic mass is 9.76. The number of thiazole rings is 1. The van der Waals surface area contributed by atoms with Crippen molar-refractivity contribution in [3.63, 3.8) is 0 Å². The van der Waals surface area contributed by atoms with Crippen LogP contribution in [0.4, 0.5) is 5.13 Å². The first-order chi connectivity index (χ1) is 11.4. The minimum atomic E-state index is -0.159. The second-order valence-corrected chi connectivity index (χ2v) is 9.63. The van der Waals surface area contributed by atoms with Crippen LogP contribution in [0.1, 0.15) is 39.5 Å². The summed E-state index contributed by atoms with van der Waals surface area (Å²) in [5.41, 5.74) is 4.44. The van der Waals surface area contributed by atoms with Gasteiger partial charge in [-0.3, -0.25) is 0 Å². The van der Waals surface area contributed by atoms with Crippen LogP contribution < -0.4 is 15.8 Å². The monoisotopic (exact) mass is 380 g/mol. The molecule has 1 aromatic heterocycles. The molecule has 1 spiro atoms. The number of nitrogens with one attached hydrogen (secondary N) is 2. The van der Waals surface area contributed by atoms with Crippen molar-refractivity contribution in [2.24, 2.45) is 5.92 Å². The highest BCUT2D eigenvalue weighted by molar-refractivity contribution is 7.80. The highest BCUT2D eigenvalue weighted by Crippen LogP contribution is 2.41. The molecule has 0 atom stereocenters. The predicted molar refractivity (Wildman–Crippen MR) is 106 cm³/mol. The fourth-order valence-corrected chi connectivity index (χ4v) is 5.21. The van der Waals surface area contributed by atoms with Crippen LogP contribution >= 0.6 is 35.2 Å². The molecule has 24 heavy (non-hydrogen) atoms. The molecule has 1 aliphatic heterocycles. The van der Waals surface area contributed by atoms with Gasteiger partial charge in [-0.1, -0.05) is 23.5 Å². The maximum absolute atomic E-state index is 6.52. The summed E-state index contributed by atoms with van der Waals surface area (Å²) >= 11 is 13.8. The third kappa shape index (κ3) is 2.90. The molecule has 4 nitrogen and oxygen atoms in total. The Hall–Kier alpha value is -0.950. The minimum absolute atomic E-state index is 0.145. The van der Waals surface area contributed by atoms with Crippen LogP contribution in [-0.4, -0.2) is 20.6 Å². The van der Waals surface area contributed by atoms with Crippen molar-refractivity contribution in [3.05, 3.63) is 24.3 Å². The summed E-state index contributed by atoms with van der Waals surface area (Å²) in [6.07, 6.45) is 4.20. The van der Waals surface area contributed by atoms with Gasteiger partial charge in [-0.05, 0) is 69.8 Å². The first-order valence-corrected chi connectivity index (χ1v) is 9.91. The number of para-hydroxylation sites is 1. The number of anilines is 1. The van der Waals surface area contributed by atoms with E-state index >= 15 is 0 Å². The summed E-state index contributed by atoms with van der Waals surface area (Å²) < 4.78 is 1.17. The summed E-state index contributed by atoms with van der Waals surface area (Å²) in [5, 5.41) is 7.04. The highest BCUT2D eigenvalue weighted by atomic mass is 35.5. The number of benzene rings is 1. The van der Waals surface area contributed by atoms with Gasteiger partial charge in [0.15, 0.2) is 5.11 Å². The number of rotatable bonds is 2. The minimum Gasteiger partial charge on any atom is -0.342 e. The molecule has 0 radical (unpaired) electrons. The van der Waals surface area contributed by atoms with E-state index in [2.05, 4.69) is 30.7 Å². The van der Waals surface area contributed by atoms with Crippen molar-refractivity contribution < 1.29 is 0 Å². The topological polar surface area (TPSA) is 40.2 Å². The van der Waals surface area contributed by atoms with Crippen LogP contribution in [0.2, 0.25) is 0 Å². The van der Waals surface area contributed by atoms with E-state index in [1.807, 2.05) is 23.2 Å². The fourth-order valence-electron chi connectivity index (χ4n) is 3.68. The van der Waals surface area contributed by atoms with E-state index < -0.39 is 0 Å². The summed E-state index contributed by atoms with van der Waals surface area (Å²) in [6, 6.07) is 8.17. The largest absolute Gasteiger partial charge is 0.342 e. The lowest BCUT2D eigenvalue weighted by Gasteiger charge is -2.40. The molecule has 0 bridgehead atoms. The van der Waals surface area contributed by atoms with Crippen LogP contribution in [0.15, 0.2) is 24.3 Å². The molecular formula is C17H21ClN4S2. The van der Waals surface area contributed by atoms with Gasteiger partial charge < -0.3 is 5.32 Å². The van der Waals surface area contributed by atoms with Crippen molar-refractivity contribution in [2.75, 3.05) is 5.01 Å². The zero-order chi connectivity index (χ0) is 16.9. The van der Waals surface area contributed by atoms with Crippen LogP contribution in [-0.2, 0) is 0 Å². The molecule has 2 fully saturated rings. The zero-order valence-electron chi connectivity index (χ0n) is 13.8. The molecule has 128 valence electrons. The molecule has 2 N–H and O–H groups in total. The Balaban J connectivity index is 1.53. The van der Waals surface area contributed by atoms with E-state index in [1.54, 1.807) is 11.3 Å². The van der Waals surface area contributed by atoms with Crippen molar-refractivity contribution in [1.29, 1.82) is 0 Å². The Morgan fingerprint density at radius 2 is 2.04 bits per heavy atom. The number of thiocarbonyl (C=S) groups is 1. The van der Waals surface area contributed by atoms with E-state index in [0.717, 1.165) is 36.3 Å². The van der Waals surface area contributed by atoms with Gasteiger partial charge in [0.25, 0.3) is 0 Å². The normalized spacial score (nSPS) is 27.9. The van der Waals surface area contributed by atoms with Gasteiger partial charge in [0.1, 0.15) is 5.66 Å². The van der Waals surface area contributed by atoms with Gasteiger partial charge in [0, 0.05) is 4.87 Å². The molecule has 1 aliphatic carbocycles. The van der Waals surface area contributed by atoms with Crippen molar-refractivity contribution in [3.8, 4) is 0 Å². The Morgan fingerprint density at radius 1 is 1.33 bits per heavy atom. The first-order valence-electron chi connectivity index (χ1n) is 8.31. The number of hydrazine groups is 1. The van der Waals surface area contributed by atoms with E-state index in [1.165, 1.54) is 4.70 Å². The molecule has 4 rings (SSSR count). The van der Waals surface area contributed by atoms with Crippen molar-refractivity contribution in [1.82, 2.24) is 15.7 Å². The van der Waals surface area contributed by atoms with Gasteiger partial charge in [-0.2, -0.15) is 0 Å². The second kappa shape index (κ2) is 5.80. The number of hydrogen-bond donors (Lipinski definition) is 2. The van der Waals surface area contributed by atoms with E-state index in [9.17, 15) is 0 Å². The molecule has 0 amide bonds. The highest BCUT2D eigenvalue weighted by Gasteiger charge is 2.46. The lowest BCUT2D eigenvalue weighted by molar-refractivity contribution is 0.172. The Kier molecular flexibility index (Phi) is 3.99. The smallest absolute Gasteiger partial charge is 0.207 e. The summed E-state index contributed by atoms with van der Waals surface area (Å²) in [6.45, 7) is 4.23. The van der Waals surface area contributed by atoms with Gasteiger partial charge in [0.2, 0.25) is 5.13 Å². The molecule has 2 aromatic rings. The molecule has 1 aromatic carbocycles. The van der Waals surface area contributed by atoms with Gasteiger partial charge >= 0.3 is 0 Å². The molecule has 2 aliphatic rings. The van der Waals surface area contributed by atoms with E-state index in [4.69, 9.17) is 28.8 Å². The zero-order valence-corrected chi connectivity index (χ0v) is 16.2. The third-order valence-electron chi connectivity index (χ3n) is 5.16. The molecule has 0 unspecified atom stereocenters. The quantitative estimate of drug-likeness (QED) is 0.597. The molecule has 1 saturated carbocycles. The number of aromatic nitrogens is 1. The number of fused-ring (bicyclic) bond motifs is 1. The maximum atomic E-state index is 6.52. The summed E-state index contributed by atoms with van der Waals surface area (Å²) in [7, 11) is 0. The van der Waals surface area contributed by atoms with Crippen LogP contribution in [0.25, 0.3) is 10.2 Å². The number of alkyl halides is 1. The second-order valence-electron chi connectivity index (χ2n) is 7.26. The average molecular weight is 381 g/mol. The van der Waals surface area contributed by atoms with Gasteiger partial charge in [-0.15, -0.1) is 11.6 Å². The first kappa shape index (κ1) is 16.5. The SMILES string of the molecule is CC(C)(Cl)C1CCC2(CC1)NC(=S)N(c1nc3ccccc3s1)N2. The summed E-state index contributed by atoms with van der Waals surface area (Å²) in [4.78, 5) is 4.57. The lowest BCUT2D eigenvalue weighted by Crippen LogP contribution is -2.54. The Labute approximate surface area is 156 Å². The maximum Gasteiger partial charge on any atom is 0.207 e. The van der Waals surface area contributed by atoms with Crippen molar-refractivity contribution >= 4 is 55.6 Å². The summed E-state index contributed by atoms with van der Waals surface area (Å²) in [5.74, 6) is 0.540. The molecular weight excluding hydrogens is 360 g/mol. The number of halogens is 1. The van der Waals surface area contributed by atoms with Gasteiger partial charge in [0.05, 0.1) is 10.2 Å². The Morgan fingerprint density at radius 3 is 2.71 bits per heavy atom. The molecule has 7 heteroatoms. The van der Waals surface area contributed by atoms with E-state index in [-0.39, 0.29) is 10.5 Å². The van der Waals surface area contributed by atoms with Gasteiger partial charge in [-0.25, -0.2) is 15.4 Å². The van der Waals surface area contributed by atoms with Crippen LogP contribution in [0.5, 0.6) is 0 Å². The average Bonchev–Trinajstić information content (AvgIpc) is 3.08. The number of hydrogen-bond acceptors (Lipinski definition) is 4. The Bertz CT molecular complexity index is 741. The predicted octanol–water partition coefficient (Wildman–Crippen LogP) is 4.40. The van der Waals surface area contributed by atoms with Crippen LogP contribution in [0.3, 0.4) is 0 Å². The molecule has 1 saturated heterocycles. The van der Waals surface area contributed by atoms with Crippen molar-refractivity contribution in [2.45, 2.75) is 50.1 Å². The fraction of sp³-hybridized carbons (Fsp3) is 0.529. The van der Waals surface area contributed by atoms with Crippen LogP contribution in [0, 0.1) is 5.92 Å².